The van der Waals surface area contributed by atoms with Gasteiger partial charge in [0.25, 0.3) is 0 Å². The fraction of sp³-hybridized carbons (Fsp3) is 0.438. The monoisotopic (exact) mass is 260 g/mol. The van der Waals surface area contributed by atoms with Crippen molar-refractivity contribution in [3.8, 4) is 17.6 Å². The summed E-state index contributed by atoms with van der Waals surface area (Å²) in [6.07, 6.45) is 4.28. The number of rotatable bonds is 5. The Morgan fingerprint density at radius 1 is 1.26 bits per heavy atom. The second kappa shape index (κ2) is 8.20. The summed E-state index contributed by atoms with van der Waals surface area (Å²) in [5.41, 5.74) is 1.13. The molecule has 0 aromatic heterocycles. The number of esters is 1. The van der Waals surface area contributed by atoms with Gasteiger partial charge in [-0.25, -0.2) is 4.79 Å². The fourth-order valence-corrected chi connectivity index (χ4v) is 1.66. The molecule has 0 amide bonds. The number of methoxy groups -OCH3 is 2. The van der Waals surface area contributed by atoms with E-state index in [0.29, 0.717) is 16.9 Å². The van der Waals surface area contributed by atoms with Crippen molar-refractivity contribution in [2.75, 3.05) is 14.2 Å². The average Bonchev–Trinajstić information content (AvgIpc) is 2.46. The Hall–Kier alpha value is -1.95. The van der Waals surface area contributed by atoms with E-state index in [0.717, 1.165) is 12.8 Å². The number of carbonyl (C=O) groups is 1. The van der Waals surface area contributed by atoms with Crippen LogP contribution in [0, 0.1) is 11.8 Å². The van der Waals surface area contributed by atoms with Gasteiger partial charge in [-0.05, 0) is 24.6 Å². The highest BCUT2D eigenvalue weighted by Crippen LogP contribution is 2.17. The Labute approximate surface area is 114 Å². The Morgan fingerprint density at radius 3 is 2.68 bits per heavy atom. The first-order valence-electron chi connectivity index (χ1n) is 6.48. The number of carbonyl (C=O) groups excluding carboxylic acids is 1. The van der Waals surface area contributed by atoms with Gasteiger partial charge >= 0.3 is 5.97 Å². The fourth-order valence-electron chi connectivity index (χ4n) is 1.66. The molecule has 0 heterocycles. The van der Waals surface area contributed by atoms with Gasteiger partial charge in [0.2, 0.25) is 0 Å². The molecule has 3 nitrogen and oxygen atoms in total. The van der Waals surface area contributed by atoms with Crippen molar-refractivity contribution in [1.82, 2.24) is 0 Å². The van der Waals surface area contributed by atoms with Crippen molar-refractivity contribution in [2.24, 2.45) is 0 Å². The molecule has 0 spiro atoms. The third kappa shape index (κ3) is 4.67. The van der Waals surface area contributed by atoms with Gasteiger partial charge in [-0.2, -0.15) is 0 Å². The minimum Gasteiger partial charge on any atom is -0.497 e. The summed E-state index contributed by atoms with van der Waals surface area (Å²) in [6.45, 7) is 2.16. The molecule has 19 heavy (non-hydrogen) atoms. The number of unbranched alkanes of at least 4 members (excludes halogenated alkanes) is 3. The van der Waals surface area contributed by atoms with Crippen LogP contribution in [0.1, 0.15) is 48.5 Å². The smallest absolute Gasteiger partial charge is 0.339 e. The van der Waals surface area contributed by atoms with E-state index in [1.807, 2.05) is 0 Å². The molecule has 1 rings (SSSR count). The zero-order valence-electron chi connectivity index (χ0n) is 11.8. The Morgan fingerprint density at radius 2 is 2.05 bits per heavy atom. The first kappa shape index (κ1) is 15.1. The van der Waals surface area contributed by atoms with Crippen molar-refractivity contribution in [1.29, 1.82) is 0 Å². The predicted octanol–water partition coefficient (Wildman–Crippen LogP) is 3.41. The van der Waals surface area contributed by atoms with E-state index in [4.69, 9.17) is 9.47 Å². The summed E-state index contributed by atoms with van der Waals surface area (Å²) in [5, 5.41) is 0. The number of hydrogen-bond donors (Lipinski definition) is 0. The quantitative estimate of drug-likeness (QED) is 0.462. The summed E-state index contributed by atoms with van der Waals surface area (Å²) in [6, 6.07) is 5.17. The molecule has 3 heteroatoms. The minimum atomic E-state index is -0.375. The van der Waals surface area contributed by atoms with Crippen LogP contribution in [0.5, 0.6) is 5.75 Å². The maximum Gasteiger partial charge on any atom is 0.339 e. The molecule has 1 aromatic rings. The number of hydrogen-bond acceptors (Lipinski definition) is 3. The molecule has 0 radical (unpaired) electrons. The van der Waals surface area contributed by atoms with E-state index >= 15 is 0 Å². The Bertz CT molecular complexity index is 481. The Kier molecular flexibility index (Phi) is 6.52. The first-order valence-corrected chi connectivity index (χ1v) is 6.48. The molecule has 0 atom stereocenters. The Balaban J connectivity index is 2.91. The van der Waals surface area contributed by atoms with Crippen molar-refractivity contribution in [2.45, 2.75) is 32.6 Å². The van der Waals surface area contributed by atoms with Gasteiger partial charge in [0.15, 0.2) is 0 Å². The average molecular weight is 260 g/mol. The van der Waals surface area contributed by atoms with Gasteiger partial charge in [0, 0.05) is 12.0 Å². The van der Waals surface area contributed by atoms with Crippen LogP contribution >= 0.6 is 0 Å². The van der Waals surface area contributed by atoms with E-state index < -0.39 is 0 Å². The molecule has 0 saturated carbocycles. The molecular formula is C16H20O3. The summed E-state index contributed by atoms with van der Waals surface area (Å²) >= 11 is 0. The van der Waals surface area contributed by atoms with E-state index in [9.17, 15) is 4.79 Å². The minimum absolute atomic E-state index is 0.375. The van der Waals surface area contributed by atoms with E-state index in [-0.39, 0.29) is 5.97 Å². The molecular weight excluding hydrogens is 240 g/mol. The second-order valence-electron chi connectivity index (χ2n) is 4.16. The molecule has 0 unspecified atom stereocenters. The predicted molar refractivity (Wildman–Crippen MR) is 75.4 cm³/mol. The zero-order chi connectivity index (χ0) is 14.1. The van der Waals surface area contributed by atoms with Crippen molar-refractivity contribution in [3.05, 3.63) is 29.3 Å². The molecule has 0 aliphatic heterocycles. The lowest BCUT2D eigenvalue weighted by atomic mass is 10.1. The molecule has 102 valence electrons. The van der Waals surface area contributed by atoms with E-state index in [1.165, 1.54) is 20.0 Å². The lowest BCUT2D eigenvalue weighted by molar-refractivity contribution is 0.0600. The molecule has 0 saturated heterocycles. The largest absolute Gasteiger partial charge is 0.497 e. The van der Waals surface area contributed by atoms with E-state index in [1.54, 1.807) is 25.3 Å². The van der Waals surface area contributed by atoms with Crippen molar-refractivity contribution in [3.63, 3.8) is 0 Å². The van der Waals surface area contributed by atoms with Crippen LogP contribution in [0.4, 0.5) is 0 Å². The van der Waals surface area contributed by atoms with Gasteiger partial charge in [0.05, 0.1) is 19.8 Å². The highest BCUT2D eigenvalue weighted by atomic mass is 16.5. The highest BCUT2D eigenvalue weighted by Gasteiger charge is 2.11. The maximum atomic E-state index is 11.6. The van der Waals surface area contributed by atoms with Crippen LogP contribution in [0.15, 0.2) is 18.2 Å². The van der Waals surface area contributed by atoms with Gasteiger partial charge in [0.1, 0.15) is 5.75 Å². The normalized spacial score (nSPS) is 9.42. The van der Waals surface area contributed by atoms with Crippen molar-refractivity contribution >= 4 is 5.97 Å². The van der Waals surface area contributed by atoms with Crippen LogP contribution in [-0.2, 0) is 4.74 Å². The summed E-state index contributed by atoms with van der Waals surface area (Å²) < 4.78 is 9.90. The second-order valence-corrected chi connectivity index (χ2v) is 4.16. The van der Waals surface area contributed by atoms with Crippen LogP contribution < -0.4 is 4.74 Å². The molecule has 1 aromatic carbocycles. The topological polar surface area (TPSA) is 35.5 Å². The third-order valence-electron chi connectivity index (χ3n) is 2.76. The number of ether oxygens (including phenoxy) is 2. The van der Waals surface area contributed by atoms with Crippen LogP contribution in [0.25, 0.3) is 0 Å². The van der Waals surface area contributed by atoms with E-state index in [2.05, 4.69) is 18.8 Å². The third-order valence-corrected chi connectivity index (χ3v) is 2.76. The van der Waals surface area contributed by atoms with Crippen LogP contribution in [0.2, 0.25) is 0 Å². The zero-order valence-corrected chi connectivity index (χ0v) is 11.8. The molecule has 0 fully saturated rings. The lowest BCUT2D eigenvalue weighted by Crippen LogP contribution is -2.04. The molecule has 0 aliphatic carbocycles. The van der Waals surface area contributed by atoms with Crippen LogP contribution in [-0.4, -0.2) is 20.2 Å². The first-order chi connectivity index (χ1) is 9.22. The molecule has 0 bridgehead atoms. The number of benzene rings is 1. The van der Waals surface area contributed by atoms with Gasteiger partial charge in [-0.1, -0.05) is 31.6 Å². The van der Waals surface area contributed by atoms with Crippen LogP contribution in [0.3, 0.4) is 0 Å². The summed E-state index contributed by atoms with van der Waals surface area (Å²) in [7, 11) is 2.95. The van der Waals surface area contributed by atoms with Gasteiger partial charge in [-0.3, -0.25) is 0 Å². The highest BCUT2D eigenvalue weighted by molar-refractivity contribution is 5.92. The van der Waals surface area contributed by atoms with Gasteiger partial charge in [-0.15, -0.1) is 0 Å². The maximum absolute atomic E-state index is 11.6. The molecule has 0 aliphatic rings. The van der Waals surface area contributed by atoms with Crippen molar-refractivity contribution < 1.29 is 14.3 Å². The molecule has 0 N–H and O–H groups in total. The summed E-state index contributed by atoms with van der Waals surface area (Å²) in [5.74, 6) is 6.44. The SMILES string of the molecule is CCCCCC#Cc1cc(OC)ccc1C(=O)OC. The summed E-state index contributed by atoms with van der Waals surface area (Å²) in [4.78, 5) is 11.6. The standard InChI is InChI=1S/C16H20O3/c1-4-5-6-7-8-9-13-12-14(18-2)10-11-15(13)16(17)19-3/h10-12H,4-7H2,1-3H3. The lowest BCUT2D eigenvalue weighted by Gasteiger charge is -2.05. The van der Waals surface area contributed by atoms with Gasteiger partial charge < -0.3 is 9.47 Å².